The molecule has 120 valence electrons. The average Bonchev–Trinajstić information content (AvgIpc) is 2.38. The van der Waals surface area contributed by atoms with Gasteiger partial charge in [0, 0.05) is 0 Å². The van der Waals surface area contributed by atoms with Crippen LogP contribution in [0, 0.1) is 0 Å². The Morgan fingerprint density at radius 2 is 1.00 bits per heavy atom. The first-order chi connectivity index (χ1) is 9.95. The Labute approximate surface area is 132 Å². The summed E-state index contributed by atoms with van der Waals surface area (Å²) in [6.45, 7) is 11.0. The number of hydrogen-bond donors (Lipinski definition) is 1. The molecule has 0 aliphatic rings. The second-order valence-corrected chi connectivity index (χ2v) is 6.23. The summed E-state index contributed by atoms with van der Waals surface area (Å²) >= 11 is 0. The molecule has 0 bridgehead atoms. The Morgan fingerprint density at radius 3 is 1.38 bits per heavy atom. The van der Waals surface area contributed by atoms with Crippen molar-refractivity contribution < 1.29 is 5.11 Å². The van der Waals surface area contributed by atoms with Gasteiger partial charge in [0.15, 0.2) is 0 Å². The van der Waals surface area contributed by atoms with Crippen molar-refractivity contribution in [1.82, 2.24) is 0 Å². The lowest BCUT2D eigenvalue weighted by Crippen LogP contribution is -1.83. The van der Waals surface area contributed by atoms with Gasteiger partial charge < -0.3 is 5.11 Å². The lowest BCUT2D eigenvalue weighted by atomic mass is 10.0. The van der Waals surface area contributed by atoms with Crippen LogP contribution in [0.3, 0.4) is 0 Å². The molecule has 0 heterocycles. The van der Waals surface area contributed by atoms with Crippen LogP contribution in [-0.2, 0) is 0 Å². The van der Waals surface area contributed by atoms with Gasteiger partial charge in [0.1, 0.15) is 0 Å². The van der Waals surface area contributed by atoms with Crippen LogP contribution < -0.4 is 0 Å². The predicted octanol–water partition coefficient (Wildman–Crippen LogP) is 6.12. The van der Waals surface area contributed by atoms with Crippen molar-refractivity contribution in [3.63, 3.8) is 0 Å². The minimum atomic E-state index is 0.158. The molecule has 0 amide bonds. The summed E-state index contributed by atoms with van der Waals surface area (Å²) in [4.78, 5) is 0. The Balaban J connectivity index is 3.93. The van der Waals surface area contributed by atoms with E-state index < -0.39 is 0 Å². The molecule has 0 unspecified atom stereocenters. The maximum absolute atomic E-state index is 8.80. The molecule has 0 aromatic rings. The van der Waals surface area contributed by atoms with E-state index in [4.69, 9.17) is 5.11 Å². The molecular formula is C20H34O. The van der Waals surface area contributed by atoms with Crippen LogP contribution in [0.1, 0.15) is 73.1 Å². The van der Waals surface area contributed by atoms with Gasteiger partial charge in [0.25, 0.3) is 0 Å². The Bertz CT molecular complexity index is 390. The number of aliphatic hydroxyl groups excluding tert-OH is 1. The fraction of sp³-hybridized carbons (Fsp3) is 0.600. The van der Waals surface area contributed by atoms with Gasteiger partial charge in [-0.3, -0.25) is 0 Å². The van der Waals surface area contributed by atoms with Crippen LogP contribution in [0.4, 0.5) is 0 Å². The summed E-state index contributed by atoms with van der Waals surface area (Å²) in [6, 6.07) is 0. The summed E-state index contributed by atoms with van der Waals surface area (Å²) in [5.74, 6) is 0. The van der Waals surface area contributed by atoms with Gasteiger partial charge in [-0.1, -0.05) is 46.6 Å². The standard InChI is InChI=1S/C20H34O/c1-17(2)9-6-10-18(3)11-7-12-19(4)13-8-14-20(5)15-16-21/h9,11,13,15,21H,6-8,10,12,14,16H2,1-5H3/b18-11-,19-13-,20-15+. The van der Waals surface area contributed by atoms with Crippen molar-refractivity contribution in [3.8, 4) is 0 Å². The highest BCUT2D eigenvalue weighted by atomic mass is 16.2. The fourth-order valence-corrected chi connectivity index (χ4v) is 2.14. The average molecular weight is 290 g/mol. The van der Waals surface area contributed by atoms with E-state index in [0.717, 1.165) is 32.1 Å². The third-order valence-corrected chi connectivity index (χ3v) is 3.59. The van der Waals surface area contributed by atoms with Gasteiger partial charge in [-0.05, 0) is 73.1 Å². The predicted molar refractivity (Wildman–Crippen MR) is 95.5 cm³/mol. The van der Waals surface area contributed by atoms with Crippen LogP contribution >= 0.6 is 0 Å². The molecule has 0 saturated heterocycles. The summed E-state index contributed by atoms with van der Waals surface area (Å²) in [6.07, 6.45) is 15.7. The van der Waals surface area contributed by atoms with Crippen LogP contribution in [0.25, 0.3) is 0 Å². The van der Waals surface area contributed by atoms with Crippen LogP contribution in [0.2, 0.25) is 0 Å². The third kappa shape index (κ3) is 13.7. The first-order valence-electron chi connectivity index (χ1n) is 8.16. The molecule has 0 spiro atoms. The van der Waals surface area contributed by atoms with Crippen LogP contribution in [0.5, 0.6) is 0 Å². The zero-order valence-corrected chi connectivity index (χ0v) is 14.7. The maximum Gasteiger partial charge on any atom is 0.0614 e. The van der Waals surface area contributed by atoms with Crippen molar-refractivity contribution in [3.05, 3.63) is 46.6 Å². The van der Waals surface area contributed by atoms with Gasteiger partial charge in [0.2, 0.25) is 0 Å². The molecule has 0 saturated carbocycles. The zero-order valence-electron chi connectivity index (χ0n) is 14.7. The van der Waals surface area contributed by atoms with Crippen molar-refractivity contribution in [1.29, 1.82) is 0 Å². The molecule has 0 fully saturated rings. The van der Waals surface area contributed by atoms with E-state index in [1.54, 1.807) is 0 Å². The van der Waals surface area contributed by atoms with Crippen LogP contribution in [-0.4, -0.2) is 11.7 Å². The quantitative estimate of drug-likeness (QED) is 0.480. The third-order valence-electron chi connectivity index (χ3n) is 3.59. The molecule has 21 heavy (non-hydrogen) atoms. The normalized spacial score (nSPS) is 13.5. The van der Waals surface area contributed by atoms with Crippen molar-refractivity contribution >= 4 is 0 Å². The number of hydrogen-bond acceptors (Lipinski definition) is 1. The smallest absolute Gasteiger partial charge is 0.0614 e. The molecule has 0 rings (SSSR count). The van der Waals surface area contributed by atoms with Crippen molar-refractivity contribution in [2.45, 2.75) is 73.1 Å². The minimum Gasteiger partial charge on any atom is -0.392 e. The highest BCUT2D eigenvalue weighted by Gasteiger charge is 1.93. The first-order valence-corrected chi connectivity index (χ1v) is 8.16. The minimum absolute atomic E-state index is 0.158. The summed E-state index contributed by atoms with van der Waals surface area (Å²) < 4.78 is 0. The molecule has 0 aliphatic heterocycles. The maximum atomic E-state index is 8.80. The van der Waals surface area contributed by atoms with Gasteiger partial charge in [0.05, 0.1) is 6.61 Å². The Kier molecular flexibility index (Phi) is 12.0. The van der Waals surface area contributed by atoms with E-state index in [1.807, 2.05) is 6.08 Å². The molecule has 1 nitrogen and oxygen atoms in total. The highest BCUT2D eigenvalue weighted by molar-refractivity contribution is 5.07. The summed E-state index contributed by atoms with van der Waals surface area (Å²) in [7, 11) is 0. The number of allylic oxidation sites excluding steroid dienone is 7. The zero-order chi connectivity index (χ0) is 16.1. The topological polar surface area (TPSA) is 20.2 Å². The second kappa shape index (κ2) is 12.6. The number of aliphatic hydroxyl groups is 1. The van der Waals surface area contributed by atoms with E-state index in [2.05, 4.69) is 52.8 Å². The molecule has 1 N–H and O–H groups in total. The van der Waals surface area contributed by atoms with Gasteiger partial charge >= 0.3 is 0 Å². The molecule has 0 radical (unpaired) electrons. The fourth-order valence-electron chi connectivity index (χ4n) is 2.14. The lowest BCUT2D eigenvalue weighted by molar-refractivity contribution is 0.341. The van der Waals surface area contributed by atoms with Crippen molar-refractivity contribution in [2.24, 2.45) is 0 Å². The SMILES string of the molecule is CC(C)=CCC/C(C)=C\CC/C(C)=C\CC/C(C)=C/CO. The van der Waals surface area contributed by atoms with Crippen LogP contribution in [0.15, 0.2) is 46.6 Å². The largest absolute Gasteiger partial charge is 0.392 e. The highest BCUT2D eigenvalue weighted by Crippen LogP contribution is 2.13. The molecule has 0 aromatic carbocycles. The van der Waals surface area contributed by atoms with E-state index in [1.165, 1.54) is 28.7 Å². The lowest BCUT2D eigenvalue weighted by Gasteiger charge is -2.02. The molecule has 0 aliphatic carbocycles. The molecular weight excluding hydrogens is 256 g/mol. The van der Waals surface area contributed by atoms with E-state index in [-0.39, 0.29) is 6.61 Å². The molecule has 0 atom stereocenters. The Hall–Kier alpha value is -1.08. The van der Waals surface area contributed by atoms with Gasteiger partial charge in [-0.15, -0.1) is 0 Å². The molecule has 1 heteroatoms. The summed E-state index contributed by atoms with van der Waals surface area (Å²) in [5.41, 5.74) is 5.66. The summed E-state index contributed by atoms with van der Waals surface area (Å²) in [5, 5.41) is 8.80. The van der Waals surface area contributed by atoms with Gasteiger partial charge in [-0.25, -0.2) is 0 Å². The van der Waals surface area contributed by atoms with E-state index in [9.17, 15) is 0 Å². The van der Waals surface area contributed by atoms with Crippen molar-refractivity contribution in [2.75, 3.05) is 6.61 Å². The molecule has 0 aromatic heterocycles. The van der Waals surface area contributed by atoms with E-state index >= 15 is 0 Å². The van der Waals surface area contributed by atoms with E-state index in [0.29, 0.717) is 0 Å². The Morgan fingerprint density at radius 1 is 0.619 bits per heavy atom. The monoisotopic (exact) mass is 290 g/mol. The first kappa shape index (κ1) is 19.9. The number of rotatable bonds is 10. The second-order valence-electron chi connectivity index (χ2n) is 6.23. The van der Waals surface area contributed by atoms with Gasteiger partial charge in [-0.2, -0.15) is 0 Å².